The van der Waals surface area contributed by atoms with Crippen LogP contribution in [0.15, 0.2) is 80.1 Å². The Morgan fingerprint density at radius 1 is 1.11 bits per heavy atom. The van der Waals surface area contributed by atoms with Gasteiger partial charge in [-0.05, 0) is 82.2 Å². The molecule has 0 fully saturated rings. The number of fused-ring (bicyclic) bond motifs is 1. The van der Waals surface area contributed by atoms with Gasteiger partial charge in [-0.2, -0.15) is 0 Å². The molecular weight excluding hydrogens is 723 g/mol. The van der Waals surface area contributed by atoms with Gasteiger partial charge in [-0.1, -0.05) is 92.1 Å². The van der Waals surface area contributed by atoms with Crippen molar-refractivity contribution in [3.63, 3.8) is 0 Å². The lowest BCUT2D eigenvalue weighted by molar-refractivity contribution is -0.139. The summed E-state index contributed by atoms with van der Waals surface area (Å²) in [5.41, 5.74) is 4.26. The lowest BCUT2D eigenvalue weighted by Gasteiger charge is -2.26. The van der Waals surface area contributed by atoms with Crippen molar-refractivity contribution in [3.05, 3.63) is 122 Å². The highest BCUT2D eigenvalue weighted by Crippen LogP contribution is 2.38. The number of allylic oxidation sites excluding steroid dienone is 1. The van der Waals surface area contributed by atoms with Crippen LogP contribution in [-0.4, -0.2) is 24.3 Å². The van der Waals surface area contributed by atoms with Crippen molar-refractivity contribution in [2.24, 2.45) is 4.99 Å². The van der Waals surface area contributed by atoms with Crippen LogP contribution in [0, 0.1) is 0 Å². The maximum absolute atomic E-state index is 14.2. The number of aromatic nitrogens is 1. The zero-order valence-corrected chi connectivity index (χ0v) is 30.6. The van der Waals surface area contributed by atoms with Gasteiger partial charge >= 0.3 is 5.97 Å². The fraction of sp³-hybridized carbons (Fsp3) is 0.306. The van der Waals surface area contributed by atoms with E-state index in [9.17, 15) is 9.59 Å². The zero-order valence-electron chi connectivity index (χ0n) is 26.7. The van der Waals surface area contributed by atoms with Crippen LogP contribution in [0.4, 0.5) is 0 Å². The monoisotopic (exact) mass is 756 g/mol. The summed E-state index contributed by atoms with van der Waals surface area (Å²) < 4.78 is 20.0. The van der Waals surface area contributed by atoms with Crippen LogP contribution in [0.3, 0.4) is 0 Å². The standard InChI is InChI=1S/C36H35BrCl2N2O5S/c1-6-8-28-31(35(43)45-7-2)32(23-11-9-22(10-12-23)20(3)4)41-34(42)30(47-36(41)40-28)17-21-15-26(37)33(29(16-21)44-5)46-19-24-13-14-25(38)18-27(24)39/h9-18,20,32H,6-8,19H2,1-5H3/b30-17-/t32-/m1/s1. The number of halogens is 3. The minimum Gasteiger partial charge on any atom is -0.493 e. The second-order valence-corrected chi connectivity index (χ2v) is 14.0. The van der Waals surface area contributed by atoms with Crippen molar-refractivity contribution in [1.29, 1.82) is 0 Å². The number of methoxy groups -OCH3 is 1. The van der Waals surface area contributed by atoms with Gasteiger partial charge in [0.1, 0.15) is 6.61 Å². The molecule has 3 aromatic carbocycles. The maximum atomic E-state index is 14.2. The molecule has 1 aliphatic rings. The predicted molar refractivity (Wildman–Crippen MR) is 192 cm³/mol. The van der Waals surface area contributed by atoms with Gasteiger partial charge in [0, 0.05) is 15.6 Å². The zero-order chi connectivity index (χ0) is 33.8. The second-order valence-electron chi connectivity index (χ2n) is 11.3. The van der Waals surface area contributed by atoms with Crippen molar-refractivity contribution < 1.29 is 19.0 Å². The van der Waals surface area contributed by atoms with Crippen LogP contribution in [-0.2, 0) is 16.1 Å². The smallest absolute Gasteiger partial charge is 0.338 e. The first-order valence-corrected chi connectivity index (χ1v) is 17.7. The maximum Gasteiger partial charge on any atom is 0.338 e. The van der Waals surface area contributed by atoms with E-state index in [-0.39, 0.29) is 18.8 Å². The highest BCUT2D eigenvalue weighted by molar-refractivity contribution is 9.10. The van der Waals surface area contributed by atoms with Crippen molar-refractivity contribution in [2.45, 2.75) is 59.1 Å². The van der Waals surface area contributed by atoms with E-state index in [1.807, 2.05) is 43.3 Å². The van der Waals surface area contributed by atoms with E-state index in [1.54, 1.807) is 42.9 Å². The topological polar surface area (TPSA) is 79.1 Å². The Kier molecular flexibility index (Phi) is 11.3. The fourth-order valence-corrected chi connectivity index (χ4v) is 7.46. The summed E-state index contributed by atoms with van der Waals surface area (Å²) in [4.78, 5) is 33.1. The number of esters is 1. The number of hydrogen-bond acceptors (Lipinski definition) is 7. The summed E-state index contributed by atoms with van der Waals surface area (Å²) in [6.07, 6.45) is 3.15. The third kappa shape index (κ3) is 7.54. The summed E-state index contributed by atoms with van der Waals surface area (Å²) >= 11 is 17.3. The van der Waals surface area contributed by atoms with Crippen LogP contribution >= 0.6 is 50.5 Å². The summed E-state index contributed by atoms with van der Waals surface area (Å²) in [6, 6.07) is 16.3. The van der Waals surface area contributed by atoms with E-state index in [4.69, 9.17) is 42.4 Å². The lowest BCUT2D eigenvalue weighted by atomic mass is 9.92. The van der Waals surface area contributed by atoms with Crippen molar-refractivity contribution in [2.75, 3.05) is 13.7 Å². The van der Waals surface area contributed by atoms with Gasteiger partial charge < -0.3 is 14.2 Å². The Bertz CT molecular complexity index is 2020. The predicted octanol–water partition coefficient (Wildman–Crippen LogP) is 8.36. The number of hydrogen-bond donors (Lipinski definition) is 0. The molecule has 5 rings (SSSR count). The van der Waals surface area contributed by atoms with Crippen LogP contribution in [0.5, 0.6) is 11.5 Å². The highest BCUT2D eigenvalue weighted by atomic mass is 79.9. The highest BCUT2D eigenvalue weighted by Gasteiger charge is 2.34. The Hall–Kier alpha value is -3.37. The van der Waals surface area contributed by atoms with Gasteiger partial charge in [0.2, 0.25) is 0 Å². The SMILES string of the molecule is CCCC1=C(C(=O)OCC)[C@@H](c2ccc(C(C)C)cc2)n2c(s/c(=C\c3cc(Br)c(OCc4ccc(Cl)cc4Cl)c(OC)c3)c2=O)=N1. The van der Waals surface area contributed by atoms with E-state index >= 15 is 0 Å². The molecule has 0 radical (unpaired) electrons. The van der Waals surface area contributed by atoms with Gasteiger partial charge in [0.15, 0.2) is 16.3 Å². The summed E-state index contributed by atoms with van der Waals surface area (Å²) in [5.74, 6) is 0.841. The van der Waals surface area contributed by atoms with E-state index in [2.05, 4.69) is 29.8 Å². The molecule has 0 saturated heterocycles. The molecule has 0 amide bonds. The van der Waals surface area contributed by atoms with Crippen molar-refractivity contribution in [3.8, 4) is 11.5 Å². The number of ether oxygens (including phenoxy) is 3. The molecule has 0 aliphatic carbocycles. The first-order valence-electron chi connectivity index (χ1n) is 15.3. The minimum atomic E-state index is -0.674. The molecule has 11 heteroatoms. The van der Waals surface area contributed by atoms with Crippen LogP contribution in [0.2, 0.25) is 10.0 Å². The molecule has 1 atom stereocenters. The van der Waals surface area contributed by atoms with Gasteiger partial charge in [0.05, 0.1) is 40.0 Å². The third-order valence-electron chi connectivity index (χ3n) is 7.75. The minimum absolute atomic E-state index is 0.198. The van der Waals surface area contributed by atoms with E-state index in [0.717, 1.165) is 17.5 Å². The summed E-state index contributed by atoms with van der Waals surface area (Å²) in [7, 11) is 1.55. The van der Waals surface area contributed by atoms with Gasteiger partial charge in [-0.3, -0.25) is 9.36 Å². The number of benzene rings is 3. The normalized spacial score (nSPS) is 14.7. The first kappa shape index (κ1) is 35.0. The molecule has 0 spiro atoms. The molecule has 4 aromatic rings. The molecule has 2 heterocycles. The average molecular weight is 759 g/mol. The molecule has 0 N–H and O–H groups in total. The summed E-state index contributed by atoms with van der Waals surface area (Å²) in [6.45, 7) is 8.48. The van der Waals surface area contributed by atoms with Crippen molar-refractivity contribution >= 4 is 62.5 Å². The average Bonchev–Trinajstić information content (AvgIpc) is 3.34. The Morgan fingerprint density at radius 3 is 2.49 bits per heavy atom. The van der Waals surface area contributed by atoms with E-state index < -0.39 is 12.0 Å². The number of thiazole rings is 1. The Balaban J connectivity index is 1.60. The van der Waals surface area contributed by atoms with Crippen molar-refractivity contribution in [1.82, 2.24) is 4.57 Å². The number of carbonyl (C=O) groups is 1. The third-order valence-corrected chi connectivity index (χ3v) is 9.91. The van der Waals surface area contributed by atoms with Crippen LogP contribution < -0.4 is 24.4 Å². The number of carbonyl (C=O) groups excluding carboxylic acids is 1. The largest absolute Gasteiger partial charge is 0.493 e. The molecule has 0 saturated carbocycles. The molecule has 1 aliphatic heterocycles. The molecule has 47 heavy (non-hydrogen) atoms. The molecular formula is C36H35BrCl2N2O5S. The molecule has 1 aromatic heterocycles. The van der Waals surface area contributed by atoms with Crippen LogP contribution in [0.25, 0.3) is 6.08 Å². The first-order chi connectivity index (χ1) is 22.6. The van der Waals surface area contributed by atoms with Crippen LogP contribution in [0.1, 0.15) is 74.8 Å². The quantitative estimate of drug-likeness (QED) is 0.144. The fourth-order valence-electron chi connectivity index (χ4n) is 5.40. The Morgan fingerprint density at radius 2 is 1.85 bits per heavy atom. The molecule has 0 bridgehead atoms. The van der Waals surface area contributed by atoms with E-state index in [0.29, 0.717) is 64.5 Å². The number of nitrogens with zero attached hydrogens (tertiary/aromatic N) is 2. The molecule has 246 valence electrons. The van der Waals surface area contributed by atoms with E-state index in [1.165, 1.54) is 16.9 Å². The van der Waals surface area contributed by atoms with Gasteiger partial charge in [-0.25, -0.2) is 9.79 Å². The van der Waals surface area contributed by atoms with Gasteiger partial charge in [-0.15, -0.1) is 0 Å². The summed E-state index contributed by atoms with van der Waals surface area (Å²) in [5, 5.41) is 1.04. The lowest BCUT2D eigenvalue weighted by Crippen LogP contribution is -2.40. The molecule has 0 unspecified atom stereocenters. The number of rotatable bonds is 11. The molecule has 7 nitrogen and oxygen atoms in total. The second kappa shape index (κ2) is 15.2. The van der Waals surface area contributed by atoms with Gasteiger partial charge in [0.25, 0.3) is 5.56 Å². The Labute approximate surface area is 296 Å².